The number of carbonyl (C=O) groups is 1. The van der Waals surface area contributed by atoms with Gasteiger partial charge in [0.25, 0.3) is 0 Å². The number of hydrogen-bond donors (Lipinski definition) is 2. The lowest BCUT2D eigenvalue weighted by molar-refractivity contribution is 0.0600. The maximum absolute atomic E-state index is 12.3. The first-order valence-corrected chi connectivity index (χ1v) is 12.6. The van der Waals surface area contributed by atoms with Gasteiger partial charge >= 0.3 is 5.97 Å². The molecule has 1 fully saturated rings. The minimum Gasteiger partial charge on any atom is -0.465 e. The third-order valence-electron chi connectivity index (χ3n) is 6.83. The number of nitrogens with zero attached hydrogens (tertiary/aromatic N) is 1. The van der Waals surface area contributed by atoms with Crippen LogP contribution in [0, 0.1) is 5.92 Å². The van der Waals surface area contributed by atoms with Crippen molar-refractivity contribution in [3.05, 3.63) is 99.0 Å². The number of likely N-dealkylation sites (tertiary alicyclic amines) is 1. The summed E-state index contributed by atoms with van der Waals surface area (Å²) in [6.07, 6.45) is 0.928. The number of fused-ring (bicyclic) bond motifs is 3. The summed E-state index contributed by atoms with van der Waals surface area (Å²) in [6.45, 7) is 1.45. The van der Waals surface area contributed by atoms with Crippen LogP contribution < -0.4 is 10.6 Å². The number of benzene rings is 3. The Morgan fingerprint density at radius 3 is 2.66 bits per heavy atom. The highest BCUT2D eigenvalue weighted by Gasteiger charge is 2.45. The van der Waals surface area contributed by atoms with Crippen LogP contribution in [0.5, 0.6) is 0 Å². The molecule has 3 atom stereocenters. The molecule has 8 heteroatoms. The summed E-state index contributed by atoms with van der Waals surface area (Å²) in [5.74, 6) is -0.144. The first kappa shape index (κ1) is 23.9. The lowest BCUT2D eigenvalue weighted by Gasteiger charge is -2.41. The predicted octanol–water partition coefficient (Wildman–Crippen LogP) is 6.38. The van der Waals surface area contributed by atoms with Crippen LogP contribution in [0.3, 0.4) is 0 Å². The fourth-order valence-corrected chi connectivity index (χ4v) is 5.74. The number of rotatable bonds is 4. The van der Waals surface area contributed by atoms with Gasteiger partial charge in [0.1, 0.15) is 0 Å². The second-order valence-electron chi connectivity index (χ2n) is 8.82. The largest absolute Gasteiger partial charge is 0.465 e. The molecule has 0 aromatic heterocycles. The second-order valence-corrected chi connectivity index (χ2v) is 10.0. The van der Waals surface area contributed by atoms with Gasteiger partial charge in [-0.1, -0.05) is 59.6 Å². The van der Waals surface area contributed by atoms with Crippen LogP contribution in [0.25, 0.3) is 0 Å². The van der Waals surface area contributed by atoms with E-state index in [2.05, 4.69) is 27.7 Å². The number of thiocarbonyl (C=S) groups is 1. The molecule has 2 heterocycles. The van der Waals surface area contributed by atoms with E-state index in [4.69, 9.17) is 40.2 Å². The fraction of sp³-hybridized carbons (Fsp3) is 0.259. The van der Waals surface area contributed by atoms with Crippen molar-refractivity contribution in [3.63, 3.8) is 0 Å². The highest BCUT2D eigenvalue weighted by atomic mass is 35.5. The quantitative estimate of drug-likeness (QED) is 0.304. The molecule has 3 aromatic rings. The molecule has 35 heavy (non-hydrogen) atoms. The average Bonchev–Trinajstić information content (AvgIpc) is 3.34. The van der Waals surface area contributed by atoms with E-state index in [9.17, 15) is 4.79 Å². The number of halogens is 2. The van der Waals surface area contributed by atoms with Crippen LogP contribution in [0.4, 0.5) is 5.69 Å². The number of nitrogens with one attached hydrogen (secondary N) is 2. The monoisotopic (exact) mass is 525 g/mol. The molecule has 180 valence electrons. The summed E-state index contributed by atoms with van der Waals surface area (Å²) in [6, 6.07) is 21.6. The molecular formula is C27H25Cl2N3O2S. The third kappa shape index (κ3) is 4.70. The summed E-state index contributed by atoms with van der Waals surface area (Å²) in [7, 11) is 1.40. The van der Waals surface area contributed by atoms with Crippen LogP contribution >= 0.6 is 35.4 Å². The van der Waals surface area contributed by atoms with Gasteiger partial charge in [0.05, 0.1) is 34.8 Å². The van der Waals surface area contributed by atoms with E-state index >= 15 is 0 Å². The molecule has 0 amide bonds. The topological polar surface area (TPSA) is 53.6 Å². The fourth-order valence-electron chi connectivity index (χ4n) is 5.16. The standard InChI is InChI=1S/C27H25Cl2N3O2S/c1-34-26(33)18-8-10-23-20(13-18)25-19(24(31-23)17-7-9-21(28)22(29)14-17)11-12-32(25)27(35)30-15-16-5-3-2-4-6-16/h2-10,13-14,19,24-25,31H,11-12,15H2,1H3,(H,30,35). The van der Waals surface area contributed by atoms with Gasteiger partial charge in [0.15, 0.2) is 5.11 Å². The summed E-state index contributed by atoms with van der Waals surface area (Å²) >= 11 is 18.4. The van der Waals surface area contributed by atoms with Crippen LogP contribution in [0.2, 0.25) is 10.0 Å². The van der Waals surface area contributed by atoms with Gasteiger partial charge in [-0.25, -0.2) is 4.79 Å². The third-order valence-corrected chi connectivity index (χ3v) is 7.94. The van der Waals surface area contributed by atoms with Crippen LogP contribution in [-0.2, 0) is 11.3 Å². The molecule has 0 spiro atoms. The number of methoxy groups -OCH3 is 1. The molecule has 2 N–H and O–H groups in total. The Hall–Kier alpha value is -2.80. The Balaban J connectivity index is 1.50. The minimum atomic E-state index is -0.356. The molecule has 2 aliphatic heterocycles. The van der Waals surface area contributed by atoms with Crippen molar-refractivity contribution >= 4 is 52.2 Å². The Labute approximate surface area is 220 Å². The molecule has 3 unspecified atom stereocenters. The maximum atomic E-state index is 12.3. The number of anilines is 1. The van der Waals surface area contributed by atoms with Gasteiger partial charge in [-0.15, -0.1) is 0 Å². The Bertz CT molecular complexity index is 1270. The summed E-state index contributed by atoms with van der Waals surface area (Å²) in [5, 5.41) is 8.88. The molecule has 5 rings (SSSR count). The van der Waals surface area contributed by atoms with E-state index in [0.29, 0.717) is 27.3 Å². The van der Waals surface area contributed by atoms with Crippen molar-refractivity contribution < 1.29 is 9.53 Å². The zero-order valence-corrected chi connectivity index (χ0v) is 21.5. The lowest BCUT2D eigenvalue weighted by Crippen LogP contribution is -2.42. The van der Waals surface area contributed by atoms with Crippen LogP contribution in [-0.4, -0.2) is 29.6 Å². The minimum absolute atomic E-state index is 0.00826. The van der Waals surface area contributed by atoms with Crippen molar-refractivity contribution in [2.45, 2.75) is 25.0 Å². The smallest absolute Gasteiger partial charge is 0.337 e. The molecule has 0 radical (unpaired) electrons. The van der Waals surface area contributed by atoms with Crippen LogP contribution in [0.1, 0.15) is 45.6 Å². The SMILES string of the molecule is COC(=O)c1ccc2c(c1)C1C(CCN1C(=S)NCc1ccccc1)C(c1ccc(Cl)c(Cl)c1)N2. The van der Waals surface area contributed by atoms with Gasteiger partial charge in [-0.3, -0.25) is 0 Å². The van der Waals surface area contributed by atoms with E-state index in [-0.39, 0.29) is 24.0 Å². The van der Waals surface area contributed by atoms with Gasteiger partial charge in [-0.2, -0.15) is 0 Å². The zero-order chi connectivity index (χ0) is 24.5. The first-order valence-electron chi connectivity index (χ1n) is 11.5. The molecule has 1 saturated heterocycles. The molecule has 3 aromatic carbocycles. The lowest BCUT2D eigenvalue weighted by atomic mass is 9.79. The number of hydrogen-bond acceptors (Lipinski definition) is 4. The number of ether oxygens (including phenoxy) is 1. The van der Waals surface area contributed by atoms with Crippen molar-refractivity contribution in [1.82, 2.24) is 10.2 Å². The number of carbonyl (C=O) groups excluding carboxylic acids is 1. The van der Waals surface area contributed by atoms with E-state index < -0.39 is 0 Å². The van der Waals surface area contributed by atoms with Crippen molar-refractivity contribution in [2.24, 2.45) is 5.92 Å². The molecule has 0 saturated carbocycles. The Morgan fingerprint density at radius 2 is 1.91 bits per heavy atom. The highest BCUT2D eigenvalue weighted by Crippen LogP contribution is 2.51. The summed E-state index contributed by atoms with van der Waals surface area (Å²) in [4.78, 5) is 14.5. The van der Waals surface area contributed by atoms with Gasteiger partial charge in [-0.05, 0) is 65.7 Å². The summed E-state index contributed by atoms with van der Waals surface area (Å²) < 4.78 is 4.98. The van der Waals surface area contributed by atoms with Crippen LogP contribution in [0.15, 0.2) is 66.7 Å². The highest BCUT2D eigenvalue weighted by molar-refractivity contribution is 7.80. The predicted molar refractivity (Wildman–Crippen MR) is 144 cm³/mol. The molecule has 0 aliphatic carbocycles. The van der Waals surface area contributed by atoms with Gasteiger partial charge < -0.3 is 20.3 Å². The number of esters is 1. The van der Waals surface area contributed by atoms with E-state index in [1.54, 1.807) is 6.07 Å². The summed E-state index contributed by atoms with van der Waals surface area (Å²) in [5.41, 5.74) is 4.76. The second kappa shape index (κ2) is 10.1. The van der Waals surface area contributed by atoms with E-state index in [0.717, 1.165) is 35.3 Å². The van der Waals surface area contributed by atoms with Gasteiger partial charge in [0.2, 0.25) is 0 Å². The first-order chi connectivity index (χ1) is 17.0. The van der Waals surface area contributed by atoms with Crippen molar-refractivity contribution in [1.29, 1.82) is 0 Å². The maximum Gasteiger partial charge on any atom is 0.337 e. The van der Waals surface area contributed by atoms with E-state index in [1.165, 1.54) is 7.11 Å². The molecular weight excluding hydrogens is 501 g/mol. The molecule has 0 bridgehead atoms. The normalized spacial score (nSPS) is 20.4. The average molecular weight is 526 g/mol. The Kier molecular flexibility index (Phi) is 6.87. The zero-order valence-electron chi connectivity index (χ0n) is 19.1. The molecule has 5 nitrogen and oxygen atoms in total. The van der Waals surface area contributed by atoms with Crippen molar-refractivity contribution in [3.8, 4) is 0 Å². The molecule has 2 aliphatic rings. The Morgan fingerprint density at radius 1 is 1.11 bits per heavy atom. The van der Waals surface area contributed by atoms with E-state index in [1.807, 2.05) is 48.5 Å². The van der Waals surface area contributed by atoms with Gasteiger partial charge in [0, 0.05) is 24.7 Å². The van der Waals surface area contributed by atoms with Crippen molar-refractivity contribution in [2.75, 3.05) is 19.0 Å².